The van der Waals surface area contributed by atoms with Gasteiger partial charge in [0.05, 0.1) is 0 Å². The Labute approximate surface area is 240 Å². The van der Waals surface area contributed by atoms with Crippen LogP contribution in [0, 0.1) is 5.41 Å². The van der Waals surface area contributed by atoms with E-state index in [1.165, 1.54) is 61.0 Å². The van der Waals surface area contributed by atoms with E-state index in [4.69, 9.17) is 4.74 Å². The third-order valence-corrected chi connectivity index (χ3v) is 8.99. The number of ether oxygens (including phenoxy) is 1. The minimum Gasteiger partial charge on any atom is -0.508 e. The third-order valence-electron chi connectivity index (χ3n) is 8.99. The number of hydrogen-bond donors (Lipinski definition) is 2. The maximum absolute atomic E-state index is 10.5. The molecule has 1 aliphatic heterocycles. The van der Waals surface area contributed by atoms with Gasteiger partial charge in [-0.2, -0.15) is 0 Å². The summed E-state index contributed by atoms with van der Waals surface area (Å²) < 4.78 is 6.09. The number of hydrogen-bond acceptors (Lipinski definition) is 5. The highest BCUT2D eigenvalue weighted by atomic mass is 16.5. The second-order valence-corrected chi connectivity index (χ2v) is 12.4. The lowest BCUT2D eigenvalue weighted by atomic mass is 9.64. The maximum atomic E-state index is 10.5. The zero-order valence-corrected chi connectivity index (χ0v) is 24.5. The number of nitrogens with zero attached hydrogens (tertiary/aromatic N) is 2. The molecule has 5 rings (SSSR count). The SMILES string of the molecule is CCN(Cc1ccc(OCCN2CCCCCC2)cc1)c1cc(O)ccc1C1Cc2ccc(O)cc2CC1(C)C. The topological polar surface area (TPSA) is 56.2 Å². The van der Waals surface area contributed by atoms with Crippen molar-refractivity contribution >= 4 is 5.69 Å². The smallest absolute Gasteiger partial charge is 0.119 e. The van der Waals surface area contributed by atoms with Crippen LogP contribution in [0.15, 0.2) is 60.7 Å². The van der Waals surface area contributed by atoms with E-state index < -0.39 is 0 Å². The van der Waals surface area contributed by atoms with Crippen molar-refractivity contribution in [3.05, 3.63) is 82.9 Å². The monoisotopic (exact) mass is 542 g/mol. The lowest BCUT2D eigenvalue weighted by Crippen LogP contribution is -2.33. The van der Waals surface area contributed by atoms with Gasteiger partial charge in [-0.3, -0.25) is 4.90 Å². The summed E-state index contributed by atoms with van der Waals surface area (Å²) in [6.07, 6.45) is 7.15. The summed E-state index contributed by atoms with van der Waals surface area (Å²) in [5.41, 5.74) is 6.15. The van der Waals surface area contributed by atoms with Crippen molar-refractivity contribution < 1.29 is 14.9 Å². The summed E-state index contributed by atoms with van der Waals surface area (Å²) >= 11 is 0. The molecular formula is C35H46N2O3. The average Bonchev–Trinajstić information content (AvgIpc) is 3.21. The highest BCUT2D eigenvalue weighted by molar-refractivity contribution is 5.60. The quantitative estimate of drug-likeness (QED) is 0.297. The number of fused-ring (bicyclic) bond motifs is 1. The molecule has 0 radical (unpaired) electrons. The van der Waals surface area contributed by atoms with Crippen molar-refractivity contribution in [3.63, 3.8) is 0 Å². The molecule has 3 aromatic rings. The Kier molecular flexibility index (Phi) is 8.90. The zero-order chi connectivity index (χ0) is 28.1. The summed E-state index contributed by atoms with van der Waals surface area (Å²) in [4.78, 5) is 4.90. The zero-order valence-electron chi connectivity index (χ0n) is 24.5. The molecule has 1 saturated heterocycles. The molecule has 1 fully saturated rings. The second kappa shape index (κ2) is 12.6. The van der Waals surface area contributed by atoms with Gasteiger partial charge >= 0.3 is 0 Å². The number of rotatable bonds is 9. The fourth-order valence-electron chi connectivity index (χ4n) is 6.65. The van der Waals surface area contributed by atoms with Crippen LogP contribution in [0.3, 0.4) is 0 Å². The highest BCUT2D eigenvalue weighted by Crippen LogP contribution is 2.49. The second-order valence-electron chi connectivity index (χ2n) is 12.4. The molecule has 1 heterocycles. The first-order valence-electron chi connectivity index (χ1n) is 15.1. The van der Waals surface area contributed by atoms with Crippen LogP contribution in [0.25, 0.3) is 0 Å². The van der Waals surface area contributed by atoms with E-state index in [2.05, 4.69) is 67.0 Å². The van der Waals surface area contributed by atoms with E-state index in [0.29, 0.717) is 17.4 Å². The van der Waals surface area contributed by atoms with E-state index in [-0.39, 0.29) is 5.41 Å². The van der Waals surface area contributed by atoms with Gasteiger partial charge in [-0.15, -0.1) is 0 Å². The summed E-state index contributed by atoms with van der Waals surface area (Å²) in [6.45, 7) is 12.5. The number of benzene rings is 3. The number of phenolic OH excluding ortho intramolecular Hbond substituents is 2. The van der Waals surface area contributed by atoms with E-state index in [0.717, 1.165) is 50.5 Å². The van der Waals surface area contributed by atoms with Crippen molar-refractivity contribution in [3.8, 4) is 17.2 Å². The third kappa shape index (κ3) is 6.75. The van der Waals surface area contributed by atoms with Gasteiger partial charge in [0.1, 0.15) is 23.9 Å². The maximum Gasteiger partial charge on any atom is 0.119 e. The highest BCUT2D eigenvalue weighted by Gasteiger charge is 2.37. The Morgan fingerprint density at radius 1 is 0.875 bits per heavy atom. The van der Waals surface area contributed by atoms with Gasteiger partial charge in [-0.05, 0) is 110 Å². The van der Waals surface area contributed by atoms with E-state index in [1.807, 2.05) is 18.2 Å². The number of anilines is 1. The lowest BCUT2D eigenvalue weighted by molar-refractivity contribution is 0.214. The van der Waals surface area contributed by atoms with Crippen LogP contribution in [0.4, 0.5) is 5.69 Å². The van der Waals surface area contributed by atoms with Crippen LogP contribution >= 0.6 is 0 Å². The van der Waals surface area contributed by atoms with Crippen molar-refractivity contribution in [2.75, 3.05) is 37.7 Å². The van der Waals surface area contributed by atoms with Crippen molar-refractivity contribution in [1.82, 2.24) is 4.90 Å². The number of aromatic hydroxyl groups is 2. The lowest BCUT2D eigenvalue weighted by Gasteiger charge is -2.42. The van der Waals surface area contributed by atoms with Crippen LogP contribution in [0.5, 0.6) is 17.2 Å². The first kappa shape index (κ1) is 28.4. The minimum absolute atomic E-state index is 0.0121. The predicted molar refractivity (Wildman–Crippen MR) is 164 cm³/mol. The van der Waals surface area contributed by atoms with E-state index >= 15 is 0 Å². The van der Waals surface area contributed by atoms with E-state index in [1.54, 1.807) is 6.07 Å². The summed E-state index contributed by atoms with van der Waals surface area (Å²) in [6, 6.07) is 20.2. The molecule has 214 valence electrons. The summed E-state index contributed by atoms with van der Waals surface area (Å²) in [5.74, 6) is 1.86. The first-order valence-corrected chi connectivity index (χ1v) is 15.1. The van der Waals surface area contributed by atoms with Crippen LogP contribution in [0.1, 0.15) is 74.6 Å². The molecule has 0 amide bonds. The number of phenols is 2. The molecule has 0 aromatic heterocycles. The van der Waals surface area contributed by atoms with Crippen LogP contribution < -0.4 is 9.64 Å². The van der Waals surface area contributed by atoms with Gasteiger partial charge in [0.15, 0.2) is 0 Å². The molecule has 2 aliphatic rings. The van der Waals surface area contributed by atoms with E-state index in [9.17, 15) is 10.2 Å². The molecule has 0 bridgehead atoms. The molecule has 2 N–H and O–H groups in total. The molecule has 0 saturated carbocycles. The molecule has 40 heavy (non-hydrogen) atoms. The predicted octanol–water partition coefficient (Wildman–Crippen LogP) is 7.29. The van der Waals surface area contributed by atoms with Gasteiger partial charge in [-0.25, -0.2) is 0 Å². The van der Waals surface area contributed by atoms with Gasteiger partial charge in [0, 0.05) is 31.4 Å². The Morgan fingerprint density at radius 3 is 2.30 bits per heavy atom. The van der Waals surface area contributed by atoms with Crippen LogP contribution in [-0.4, -0.2) is 47.9 Å². The largest absolute Gasteiger partial charge is 0.508 e. The van der Waals surface area contributed by atoms with Crippen molar-refractivity contribution in [1.29, 1.82) is 0 Å². The van der Waals surface area contributed by atoms with Crippen molar-refractivity contribution in [2.24, 2.45) is 5.41 Å². The summed E-state index contributed by atoms with van der Waals surface area (Å²) in [5, 5.41) is 20.6. The van der Waals surface area contributed by atoms with Gasteiger partial charge in [-0.1, -0.05) is 51.0 Å². The molecular weight excluding hydrogens is 496 g/mol. The minimum atomic E-state index is 0.0121. The average molecular weight is 543 g/mol. The van der Waals surface area contributed by atoms with Crippen LogP contribution in [-0.2, 0) is 19.4 Å². The Hall–Kier alpha value is -3.18. The molecule has 1 atom stereocenters. The standard InChI is InChI=1S/C35H46N2O3/c1-4-37(25-26-9-14-31(15-10-26)40-20-19-36-17-7-5-6-8-18-36)34-23-30(39)13-16-32(34)33-22-27-11-12-29(38)21-28(27)24-35(33,2)3/h9-16,21,23,33,38-39H,4-8,17-20,22,24-25H2,1-3H3. The Bertz CT molecular complexity index is 1260. The fraction of sp³-hybridized carbons (Fsp3) is 0.486. The fourth-order valence-corrected chi connectivity index (χ4v) is 6.65. The molecule has 1 unspecified atom stereocenters. The molecule has 1 aliphatic carbocycles. The van der Waals surface area contributed by atoms with Gasteiger partial charge in [0.25, 0.3) is 0 Å². The molecule has 5 heteroatoms. The van der Waals surface area contributed by atoms with Gasteiger partial charge in [0.2, 0.25) is 0 Å². The van der Waals surface area contributed by atoms with Crippen molar-refractivity contribution in [2.45, 2.75) is 71.8 Å². The first-order chi connectivity index (χ1) is 19.3. The molecule has 3 aromatic carbocycles. The summed E-state index contributed by atoms with van der Waals surface area (Å²) in [7, 11) is 0. The molecule has 5 nitrogen and oxygen atoms in total. The van der Waals surface area contributed by atoms with Gasteiger partial charge < -0.3 is 19.8 Å². The Morgan fingerprint density at radius 2 is 1.57 bits per heavy atom. The normalized spacial score (nSPS) is 19.0. The van der Waals surface area contributed by atoms with Crippen LogP contribution in [0.2, 0.25) is 0 Å². The number of likely N-dealkylation sites (tertiary alicyclic amines) is 1. The Balaban J connectivity index is 1.29. The molecule has 0 spiro atoms.